The molecule has 0 unspecified atom stereocenters. The van der Waals surface area contributed by atoms with E-state index in [1.165, 1.54) is 22.5 Å². The van der Waals surface area contributed by atoms with E-state index >= 15 is 0 Å². The summed E-state index contributed by atoms with van der Waals surface area (Å²) in [5.41, 5.74) is 33.0. The molecule has 5 heterocycles. The van der Waals surface area contributed by atoms with E-state index in [0.717, 1.165) is 168 Å². The zero-order chi connectivity index (χ0) is 76.2. The van der Waals surface area contributed by atoms with Crippen molar-refractivity contribution in [3.63, 3.8) is 0 Å². The maximum Gasteiger partial charge on any atom is 2.00 e. The monoisotopic (exact) mass is 1540 g/mol. The Morgan fingerprint density at radius 2 is 0.798 bits per heavy atom. The van der Waals surface area contributed by atoms with Crippen LogP contribution in [0.25, 0.3) is 111 Å². The van der Waals surface area contributed by atoms with E-state index in [1.807, 2.05) is 129 Å². The van der Waals surface area contributed by atoms with Crippen LogP contribution in [-0.2, 0) is 17.1 Å². The van der Waals surface area contributed by atoms with Crippen molar-refractivity contribution < 1.29 is 43.2 Å². The number of aryl methyl sites for hydroxylation is 4. The molecule has 14 aromatic carbocycles. The molecule has 3 aliphatic rings. The zero-order valence-electron chi connectivity index (χ0n) is 64.1. The summed E-state index contributed by atoms with van der Waals surface area (Å²) in [6.07, 6.45) is 0. The minimum atomic E-state index is 0. The normalized spacial score (nSPS) is 11.4. The van der Waals surface area contributed by atoms with Gasteiger partial charge in [-0.2, -0.15) is 4.57 Å². The fourth-order valence-electron chi connectivity index (χ4n) is 14.8. The predicted octanol–water partition coefficient (Wildman–Crippen LogP) is 21.3. The molecule has 0 saturated carbocycles. The predicted molar refractivity (Wildman–Crippen MR) is 459 cm³/mol. The van der Waals surface area contributed by atoms with Crippen LogP contribution in [0, 0.1) is 34.6 Å². The van der Waals surface area contributed by atoms with Crippen molar-refractivity contribution in [3.8, 4) is 34.1 Å². The van der Waals surface area contributed by atoms with Gasteiger partial charge >= 0.3 is 17.1 Å². The second-order valence-electron chi connectivity index (χ2n) is 27.5. The van der Waals surface area contributed by atoms with E-state index < -0.39 is 0 Å². The van der Waals surface area contributed by atoms with Crippen molar-refractivity contribution in [3.05, 3.63) is 396 Å². The number of anilines is 5. The van der Waals surface area contributed by atoms with Crippen molar-refractivity contribution in [2.45, 2.75) is 48.5 Å². The molecule has 554 valence electrons. The molecule has 0 spiro atoms. The van der Waals surface area contributed by atoms with Gasteiger partial charge in [-0.05, 0) is 141 Å². The fraction of sp³-hybridized carbons (Fsp3) is 0.0707. The van der Waals surface area contributed by atoms with E-state index in [-0.39, 0.29) is 29.5 Å². The Hall–Kier alpha value is -13.8. The minimum absolute atomic E-state index is 0. The van der Waals surface area contributed by atoms with Crippen molar-refractivity contribution in [2.24, 2.45) is 4.99 Å². The molecule has 13 nitrogen and oxygen atoms in total. The smallest absolute Gasteiger partial charge is 1.00 e. The molecule has 17 aromatic rings. The van der Waals surface area contributed by atoms with E-state index in [9.17, 15) is 0 Å². The van der Waals surface area contributed by atoms with Gasteiger partial charge < -0.3 is 37.8 Å². The van der Waals surface area contributed by atoms with Crippen LogP contribution in [0.15, 0.2) is 357 Å². The maximum absolute atomic E-state index is 5.35. The van der Waals surface area contributed by atoms with Crippen molar-refractivity contribution in [1.29, 1.82) is 0 Å². The summed E-state index contributed by atoms with van der Waals surface area (Å²) in [6.45, 7) is 14.6. The van der Waals surface area contributed by atoms with Gasteiger partial charge in [-0.1, -0.05) is 208 Å². The van der Waals surface area contributed by atoms with Crippen molar-refractivity contribution >= 4 is 123 Å². The molecule has 2 aliphatic heterocycles. The van der Waals surface area contributed by atoms with Crippen LogP contribution in [-0.4, -0.2) is 24.5 Å². The van der Waals surface area contributed by atoms with Crippen LogP contribution in [0.3, 0.4) is 0 Å². The molecule has 1 aliphatic carbocycles. The van der Waals surface area contributed by atoms with E-state index in [4.69, 9.17) is 30.6 Å². The van der Waals surface area contributed by atoms with Gasteiger partial charge in [-0.3, -0.25) is 0 Å². The number of rotatable bonds is 10. The summed E-state index contributed by atoms with van der Waals surface area (Å²) in [5.74, 6) is 0. The van der Waals surface area contributed by atoms with Gasteiger partial charge in [0, 0.05) is 79.0 Å². The van der Waals surface area contributed by atoms with Gasteiger partial charge in [0.15, 0.2) is 0 Å². The first-order valence-corrected chi connectivity index (χ1v) is 37.9. The number of fused-ring (bicyclic) bond motifs is 9. The molecule has 0 radical (unpaired) electrons. The van der Waals surface area contributed by atoms with Crippen LogP contribution < -0.4 is 41.7 Å². The topological polar surface area (TPSA) is 124 Å². The summed E-state index contributed by atoms with van der Waals surface area (Å²) >= 11 is 0. The van der Waals surface area contributed by atoms with Gasteiger partial charge in [0.05, 0.1) is 56.2 Å². The van der Waals surface area contributed by atoms with Gasteiger partial charge in [0.2, 0.25) is 50.3 Å². The molecule has 0 atom stereocenters. The Bertz CT molecular complexity index is 6730. The van der Waals surface area contributed by atoms with E-state index in [1.54, 1.807) is 0 Å². The molecular weight excluding hydrogens is 1460 g/mol. The SMILES string of the molecule is CC.Cc1cc2nc3cc4c(cc3[n+](-c3ccccc3)c2cc1C)nc1cc([N-]c2ccccc2)c([N-]c2ccccc2)cc1[n+]4-c1ccccc1.Cc1cc2nc3cc4c(cc3n(-c3ccccc3)c-2cc1=Nc1ccccc1)N(c1ccccc1)c1ccccc1N4.Cc1nc2ccccc2[n+](-c2ccccc2)c1C.[Cl-].[Fe+2]. The quantitative estimate of drug-likeness (QED) is 0.0826. The van der Waals surface area contributed by atoms with Crippen molar-refractivity contribution in [1.82, 2.24) is 24.5 Å². The fourth-order valence-corrected chi connectivity index (χ4v) is 14.8. The molecule has 0 fully saturated rings. The molecule has 0 amide bonds. The molecule has 20 rings (SSSR count). The first kappa shape index (κ1) is 75.7. The first-order valence-electron chi connectivity index (χ1n) is 37.9. The second kappa shape index (κ2) is 33.4. The average Bonchev–Trinajstić information content (AvgIpc) is 0.730. The van der Waals surface area contributed by atoms with Crippen LogP contribution in [0.1, 0.15) is 41.9 Å². The van der Waals surface area contributed by atoms with Gasteiger partial charge in [0.1, 0.15) is 33.3 Å². The third kappa shape index (κ3) is 15.1. The molecule has 0 saturated heterocycles. The van der Waals surface area contributed by atoms with Crippen LogP contribution in [0.5, 0.6) is 0 Å². The number of hydrogen-bond donors (Lipinski definition) is 1. The number of nitrogens with one attached hydrogen (secondary N) is 1. The molecule has 0 bridgehead atoms. The number of nitrogens with zero attached hydrogens (tertiary/aromatic N) is 12. The number of benzene rings is 15. The molecule has 1 N–H and O–H groups in total. The number of halogens is 1. The van der Waals surface area contributed by atoms with Crippen LogP contribution in [0.4, 0.5) is 56.9 Å². The third-order valence-corrected chi connectivity index (χ3v) is 20.3. The minimum Gasteiger partial charge on any atom is -1.00 e. The Morgan fingerprint density at radius 1 is 0.342 bits per heavy atom. The number of hydrogen-bond acceptors (Lipinski definition) is 7. The van der Waals surface area contributed by atoms with Gasteiger partial charge in [-0.15, -0.1) is 31.9 Å². The van der Waals surface area contributed by atoms with Gasteiger partial charge in [-0.25, -0.2) is 24.9 Å². The molecular formula is C99H80ClFeN13+2. The summed E-state index contributed by atoms with van der Waals surface area (Å²) in [6, 6.07) is 121. The molecule has 114 heavy (non-hydrogen) atoms. The van der Waals surface area contributed by atoms with E-state index in [2.05, 4.69) is 305 Å². The molecule has 15 heteroatoms. The Morgan fingerprint density at radius 3 is 1.39 bits per heavy atom. The maximum atomic E-state index is 5.35. The Kier molecular flexibility index (Phi) is 22.2. The van der Waals surface area contributed by atoms with E-state index in [0.29, 0.717) is 0 Å². The number of para-hydroxylation sites is 12. The average molecular weight is 1540 g/mol. The summed E-state index contributed by atoms with van der Waals surface area (Å²) < 4.78 is 9.15. The van der Waals surface area contributed by atoms with Gasteiger partial charge in [0.25, 0.3) is 0 Å². The largest absolute Gasteiger partial charge is 2.00 e. The molecule has 3 aromatic heterocycles. The second-order valence-corrected chi connectivity index (χ2v) is 27.5. The standard InChI is InChI=1S/C44H32N6.C37H27N5.C16H15N2.C2H6.ClH.Fe/c1-29-23-37-41(24-30(29)2)49(33-19-11-5-12-20-33)43-28-40-44(27-39(43)47-37)50(34-21-13-6-14-22-34)42-26-36(46-32-17-9-4-10-18-32)35(25-38(42)48-40)45-31-15-7-3-8-16-31;1-25-21-31-35(23-30(25)38-26-13-5-2-6-14-26)42(28-17-9-4-10-18-28)37-24-36-32(22-33(37)40-31)39-29-19-11-12-20-34(29)41(36)27-15-7-3-8-16-27;1-12-13(2)18(14-8-4-3-5-9-14)16-11-7-6-10-15(16)17-12;1-2;;/h3-28H,1-2H3;2-24,39H,1H3;3-11H,1-2H3;1-2H3;1H;/q;;+1;;;+2/p-1. The first-order chi connectivity index (χ1) is 55.1. The summed E-state index contributed by atoms with van der Waals surface area (Å²) in [4.78, 5) is 27.8. The van der Waals surface area contributed by atoms with Crippen LogP contribution >= 0.6 is 0 Å². The Balaban J connectivity index is 0.000000144. The summed E-state index contributed by atoms with van der Waals surface area (Å²) in [7, 11) is 0. The zero-order valence-corrected chi connectivity index (χ0v) is 65.9. The summed E-state index contributed by atoms with van der Waals surface area (Å²) in [5, 5.41) is 14.8. The Labute approximate surface area is 679 Å². The third-order valence-electron chi connectivity index (χ3n) is 20.3. The number of aromatic nitrogens is 8. The van der Waals surface area contributed by atoms with Crippen molar-refractivity contribution in [2.75, 3.05) is 10.2 Å². The van der Waals surface area contributed by atoms with Crippen LogP contribution in [0.2, 0.25) is 0 Å².